The number of methoxy groups -OCH3 is 1. The molecule has 0 spiro atoms. The van der Waals surface area contributed by atoms with Crippen LogP contribution in [0.25, 0.3) is 0 Å². The van der Waals surface area contributed by atoms with Crippen LogP contribution in [0.15, 0.2) is 83.3 Å². The fourth-order valence-electron chi connectivity index (χ4n) is 3.90. The number of carbonyl (C=O) groups excluding carboxylic acids is 1. The number of rotatable bonds is 13. The van der Waals surface area contributed by atoms with E-state index in [-0.39, 0.29) is 11.9 Å². The number of hydrogen-bond donors (Lipinski definition) is 2. The molecule has 7 heteroatoms. The van der Waals surface area contributed by atoms with Crippen LogP contribution in [-0.2, 0) is 0 Å². The smallest absolute Gasteiger partial charge is 0.258 e. The Morgan fingerprint density at radius 1 is 0.974 bits per heavy atom. The number of hydrogen-bond acceptors (Lipinski definition) is 5. The zero-order valence-electron chi connectivity index (χ0n) is 24.7. The third-order valence-electron chi connectivity index (χ3n) is 6.25. The van der Waals surface area contributed by atoms with E-state index in [2.05, 4.69) is 81.2 Å². The van der Waals surface area contributed by atoms with E-state index >= 15 is 0 Å². The van der Waals surface area contributed by atoms with Crippen molar-refractivity contribution in [1.29, 1.82) is 5.41 Å². The maximum absolute atomic E-state index is 13.0. The zero-order valence-corrected chi connectivity index (χ0v) is 24.7. The summed E-state index contributed by atoms with van der Waals surface area (Å²) in [5.41, 5.74) is 6.58. The predicted octanol–water partition coefficient (Wildman–Crippen LogP) is 7.30. The highest BCUT2D eigenvalue weighted by Gasteiger charge is 2.16. The fraction of sp³-hybridized carbons (Fsp3) is 0.406. The van der Waals surface area contributed by atoms with Gasteiger partial charge in [0.1, 0.15) is 5.75 Å². The predicted molar refractivity (Wildman–Crippen MR) is 163 cm³/mol. The lowest BCUT2D eigenvalue weighted by atomic mass is 10.1. The van der Waals surface area contributed by atoms with Crippen LogP contribution < -0.4 is 15.0 Å². The molecule has 0 bridgehead atoms. The quantitative estimate of drug-likeness (QED) is 0.161. The van der Waals surface area contributed by atoms with Crippen molar-refractivity contribution in [2.75, 3.05) is 25.1 Å². The third-order valence-corrected chi connectivity index (χ3v) is 6.25. The third kappa shape index (κ3) is 11.2. The van der Waals surface area contributed by atoms with Crippen LogP contribution in [0.3, 0.4) is 0 Å². The van der Waals surface area contributed by atoms with Crippen LogP contribution in [-0.4, -0.2) is 41.8 Å². The minimum atomic E-state index is -0.374. The average Bonchev–Trinajstić information content (AvgIpc) is 3.43. The lowest BCUT2D eigenvalue weighted by Gasteiger charge is -2.25. The van der Waals surface area contributed by atoms with E-state index in [4.69, 9.17) is 10.1 Å². The summed E-state index contributed by atoms with van der Waals surface area (Å²) in [5.74, 6) is 0.213. The summed E-state index contributed by atoms with van der Waals surface area (Å²) in [6, 6.07) is 7.07. The van der Waals surface area contributed by atoms with Gasteiger partial charge in [0.2, 0.25) is 5.96 Å². The molecule has 0 fully saturated rings. The van der Waals surface area contributed by atoms with Crippen LogP contribution in [0.5, 0.6) is 5.75 Å². The first-order valence-corrected chi connectivity index (χ1v) is 13.5. The Morgan fingerprint density at radius 3 is 2.05 bits per heavy atom. The molecule has 1 aromatic heterocycles. The molecule has 0 aliphatic carbocycles. The molecule has 1 heterocycles. The molecule has 0 saturated heterocycles. The van der Waals surface area contributed by atoms with Gasteiger partial charge in [-0.1, -0.05) is 46.6 Å². The van der Waals surface area contributed by atoms with Gasteiger partial charge in [-0.05, 0) is 91.5 Å². The number of ether oxygens (including phenoxy) is 1. The molecule has 2 N–H and O–H groups in total. The van der Waals surface area contributed by atoms with E-state index in [1.807, 2.05) is 12.1 Å². The highest BCUT2D eigenvalue weighted by atomic mass is 16.5. The highest BCUT2D eigenvalue weighted by molar-refractivity contribution is 6.05. The number of amides is 1. The second-order valence-corrected chi connectivity index (χ2v) is 10.3. The fourth-order valence-corrected chi connectivity index (χ4v) is 3.90. The SMILES string of the molecule is COc1ccc(C(=O)NC(=N)n2cccn2)cc1N(C/C=C(\C)CCC=C(C)C)C/C=C(\C)CCC=C(C)C. The summed E-state index contributed by atoms with van der Waals surface area (Å²) >= 11 is 0. The topological polar surface area (TPSA) is 83.2 Å². The van der Waals surface area contributed by atoms with Gasteiger partial charge in [-0.15, -0.1) is 0 Å². The lowest BCUT2D eigenvalue weighted by molar-refractivity contribution is 0.0975. The van der Waals surface area contributed by atoms with Crippen LogP contribution >= 0.6 is 0 Å². The Bertz CT molecular complexity index is 1170. The van der Waals surface area contributed by atoms with E-state index in [1.165, 1.54) is 27.0 Å². The monoisotopic (exact) mass is 531 g/mol. The largest absolute Gasteiger partial charge is 0.495 e. The van der Waals surface area contributed by atoms with Crippen LogP contribution in [0, 0.1) is 5.41 Å². The first kappa shape index (κ1) is 31.3. The first-order chi connectivity index (χ1) is 18.6. The zero-order chi connectivity index (χ0) is 28.8. The summed E-state index contributed by atoms with van der Waals surface area (Å²) in [7, 11) is 1.64. The number of aromatic nitrogens is 2. The number of allylic oxidation sites excluding steroid dienone is 6. The van der Waals surface area contributed by atoms with Gasteiger partial charge >= 0.3 is 0 Å². The highest BCUT2D eigenvalue weighted by Crippen LogP contribution is 2.30. The van der Waals surface area contributed by atoms with Crippen molar-refractivity contribution in [2.45, 2.75) is 67.2 Å². The van der Waals surface area contributed by atoms with Crippen molar-refractivity contribution in [3.05, 3.63) is 88.8 Å². The second kappa shape index (κ2) is 16.2. The molecule has 0 radical (unpaired) electrons. The van der Waals surface area contributed by atoms with Gasteiger partial charge < -0.3 is 9.64 Å². The van der Waals surface area contributed by atoms with Crippen molar-refractivity contribution >= 4 is 17.6 Å². The first-order valence-electron chi connectivity index (χ1n) is 13.5. The summed E-state index contributed by atoms with van der Waals surface area (Å²) in [6.07, 6.45) is 16.3. The van der Waals surface area contributed by atoms with Crippen molar-refractivity contribution in [2.24, 2.45) is 0 Å². The van der Waals surface area contributed by atoms with Crippen molar-refractivity contribution in [3.8, 4) is 5.75 Å². The molecule has 0 aliphatic rings. The molecule has 0 aliphatic heterocycles. The summed E-state index contributed by atoms with van der Waals surface area (Å²) in [6.45, 7) is 14.2. The number of nitrogens with zero attached hydrogens (tertiary/aromatic N) is 3. The number of carbonyl (C=O) groups is 1. The van der Waals surface area contributed by atoms with Gasteiger partial charge in [0.25, 0.3) is 5.91 Å². The Morgan fingerprint density at radius 2 is 1.56 bits per heavy atom. The van der Waals surface area contributed by atoms with E-state index in [0.29, 0.717) is 24.4 Å². The molecule has 0 saturated carbocycles. The normalized spacial score (nSPS) is 11.6. The number of anilines is 1. The molecule has 2 aromatic rings. The molecule has 7 nitrogen and oxygen atoms in total. The Balaban J connectivity index is 2.32. The van der Waals surface area contributed by atoms with Crippen molar-refractivity contribution in [3.63, 3.8) is 0 Å². The van der Waals surface area contributed by atoms with Gasteiger partial charge in [-0.3, -0.25) is 15.5 Å². The summed E-state index contributed by atoms with van der Waals surface area (Å²) in [5, 5.41) is 14.8. The van der Waals surface area contributed by atoms with Crippen LogP contribution in [0.1, 0.15) is 77.6 Å². The minimum absolute atomic E-state index is 0.107. The maximum Gasteiger partial charge on any atom is 0.258 e. The van der Waals surface area contributed by atoms with Crippen molar-refractivity contribution in [1.82, 2.24) is 15.1 Å². The average molecular weight is 532 g/mol. The maximum atomic E-state index is 13.0. The van der Waals surface area contributed by atoms with Gasteiger partial charge in [0, 0.05) is 31.0 Å². The summed E-state index contributed by atoms with van der Waals surface area (Å²) in [4.78, 5) is 15.2. The van der Waals surface area contributed by atoms with Gasteiger partial charge in [-0.25, -0.2) is 4.68 Å². The van der Waals surface area contributed by atoms with E-state index in [1.54, 1.807) is 31.6 Å². The number of nitrogens with one attached hydrogen (secondary N) is 2. The molecular formula is C32H45N5O2. The van der Waals surface area contributed by atoms with Crippen LogP contribution in [0.2, 0.25) is 0 Å². The second-order valence-electron chi connectivity index (χ2n) is 10.3. The Kier molecular flexibility index (Phi) is 13.0. The van der Waals surface area contributed by atoms with E-state index in [0.717, 1.165) is 31.4 Å². The molecule has 2 rings (SSSR count). The van der Waals surface area contributed by atoms with Crippen LogP contribution in [0.4, 0.5) is 5.69 Å². The van der Waals surface area contributed by atoms with E-state index < -0.39 is 0 Å². The van der Waals surface area contributed by atoms with Crippen molar-refractivity contribution < 1.29 is 9.53 Å². The Hall–Kier alpha value is -3.87. The molecule has 0 unspecified atom stereocenters. The molecular weight excluding hydrogens is 486 g/mol. The van der Waals surface area contributed by atoms with Gasteiger partial charge in [0.15, 0.2) is 0 Å². The summed E-state index contributed by atoms with van der Waals surface area (Å²) < 4.78 is 7.02. The standard InChI is InChI=1S/C32H45N5O2/c1-24(2)11-8-13-26(5)17-21-36(22-18-27(6)14-9-12-25(3)4)29-23-28(15-16-30(29)39-7)31(38)35-32(33)37-20-10-19-34-37/h10-12,15-20,23H,8-9,13-14,21-22H2,1-7H3,(H2,33,35,38)/b26-17+,27-18+. The van der Waals surface area contributed by atoms with Gasteiger partial charge in [-0.2, -0.15) is 5.10 Å². The molecule has 210 valence electrons. The molecule has 39 heavy (non-hydrogen) atoms. The number of benzene rings is 1. The Labute approximate surface area is 234 Å². The van der Waals surface area contributed by atoms with Gasteiger partial charge in [0.05, 0.1) is 12.8 Å². The molecule has 1 aromatic carbocycles. The lowest BCUT2D eigenvalue weighted by Crippen LogP contribution is -2.35. The molecule has 0 atom stereocenters. The molecule has 1 amide bonds. The van der Waals surface area contributed by atoms with E-state index in [9.17, 15) is 4.79 Å². The minimum Gasteiger partial charge on any atom is -0.495 e.